The van der Waals surface area contributed by atoms with E-state index in [1.807, 2.05) is 6.07 Å². The second kappa shape index (κ2) is 5.36. The lowest BCUT2D eigenvalue weighted by Crippen LogP contribution is -2.36. The highest BCUT2D eigenvalue weighted by atomic mass is 16.5. The maximum atomic E-state index is 5.93. The Bertz CT molecular complexity index is 665. The molecule has 2 aromatic carbocycles. The van der Waals surface area contributed by atoms with Crippen LogP contribution in [0, 0.1) is 26.7 Å². The van der Waals surface area contributed by atoms with Crippen LogP contribution < -0.4 is 0 Å². The maximum absolute atomic E-state index is 5.93. The topological polar surface area (TPSA) is 21.6 Å². The van der Waals surface area contributed by atoms with Gasteiger partial charge in [0.05, 0.1) is 11.6 Å². The number of rotatable bonds is 2. The van der Waals surface area contributed by atoms with Gasteiger partial charge < -0.3 is 4.74 Å². The number of aryl methyl sites for hydroxylation is 3. The van der Waals surface area contributed by atoms with Gasteiger partial charge in [0.15, 0.2) is 5.90 Å². The Morgan fingerprint density at radius 2 is 1.57 bits per heavy atom. The third-order valence-corrected chi connectivity index (χ3v) is 4.08. The molecular formula is C19H21NO. The van der Waals surface area contributed by atoms with Crippen molar-refractivity contribution < 1.29 is 4.74 Å². The quantitative estimate of drug-likeness (QED) is 0.754. The third kappa shape index (κ3) is 2.58. The van der Waals surface area contributed by atoms with Crippen LogP contribution in [0.4, 0.5) is 5.69 Å². The van der Waals surface area contributed by atoms with E-state index in [4.69, 9.17) is 9.73 Å². The van der Waals surface area contributed by atoms with Gasteiger partial charge in [-0.15, -0.1) is 0 Å². The van der Waals surface area contributed by atoms with Gasteiger partial charge in [-0.05, 0) is 44.4 Å². The van der Waals surface area contributed by atoms with Gasteiger partial charge in [-0.3, -0.25) is 0 Å². The molecule has 0 aromatic heterocycles. The molecule has 2 nitrogen and oxygen atoms in total. The molecule has 1 heterocycles. The van der Waals surface area contributed by atoms with Crippen molar-refractivity contribution in [2.24, 2.45) is 10.9 Å². The first-order valence-corrected chi connectivity index (χ1v) is 7.44. The van der Waals surface area contributed by atoms with E-state index in [-0.39, 0.29) is 6.10 Å². The molecule has 0 radical (unpaired) electrons. The van der Waals surface area contributed by atoms with Crippen LogP contribution in [0.5, 0.6) is 0 Å². The summed E-state index contributed by atoms with van der Waals surface area (Å²) in [6.07, 6.45) is 0.135. The zero-order valence-electron chi connectivity index (χ0n) is 13.1. The highest BCUT2D eigenvalue weighted by molar-refractivity contribution is 5.87. The predicted molar refractivity (Wildman–Crippen MR) is 87.2 cm³/mol. The number of nitrogens with zero attached hydrogens (tertiary/aromatic N) is 1. The summed E-state index contributed by atoms with van der Waals surface area (Å²) in [5, 5.41) is 0. The van der Waals surface area contributed by atoms with E-state index in [2.05, 4.69) is 64.1 Å². The Labute approximate surface area is 126 Å². The van der Waals surface area contributed by atoms with Gasteiger partial charge in [-0.2, -0.15) is 0 Å². The smallest absolute Gasteiger partial charge is 0.196 e. The average Bonchev–Trinajstić information content (AvgIpc) is 2.45. The summed E-state index contributed by atoms with van der Waals surface area (Å²) in [4.78, 5) is 4.76. The Morgan fingerprint density at radius 1 is 0.952 bits per heavy atom. The third-order valence-electron chi connectivity index (χ3n) is 4.08. The Hall–Kier alpha value is -2.09. The lowest BCUT2D eigenvalue weighted by atomic mass is 9.92. The summed E-state index contributed by atoms with van der Waals surface area (Å²) < 4.78 is 5.93. The van der Waals surface area contributed by atoms with Crippen LogP contribution >= 0.6 is 0 Å². The highest BCUT2D eigenvalue weighted by Gasteiger charge is 2.37. The first kappa shape index (κ1) is 13.9. The summed E-state index contributed by atoms with van der Waals surface area (Å²) >= 11 is 0. The van der Waals surface area contributed by atoms with Crippen LogP contribution in [-0.4, -0.2) is 5.90 Å². The van der Waals surface area contributed by atoms with E-state index in [0.717, 1.165) is 11.6 Å². The van der Waals surface area contributed by atoms with Crippen molar-refractivity contribution in [1.29, 1.82) is 0 Å². The van der Waals surface area contributed by atoms with Crippen molar-refractivity contribution >= 4 is 11.6 Å². The van der Waals surface area contributed by atoms with E-state index >= 15 is 0 Å². The minimum absolute atomic E-state index is 0.135. The zero-order chi connectivity index (χ0) is 15.0. The summed E-state index contributed by atoms with van der Waals surface area (Å²) in [5.74, 6) is 1.17. The lowest BCUT2D eigenvalue weighted by Gasteiger charge is -2.36. The SMILES string of the molecule is Cc1cc(C)c(N=C2O[C@@H](c3ccccc3)[C@H]2C)c(C)c1. The van der Waals surface area contributed by atoms with Gasteiger partial charge in [0, 0.05) is 0 Å². The van der Waals surface area contributed by atoms with Crippen molar-refractivity contribution in [3.8, 4) is 0 Å². The molecule has 0 unspecified atom stereocenters. The van der Waals surface area contributed by atoms with E-state index < -0.39 is 0 Å². The molecule has 1 saturated heterocycles. The molecule has 0 amide bonds. The van der Waals surface area contributed by atoms with Crippen LogP contribution in [0.1, 0.15) is 35.3 Å². The summed E-state index contributed by atoms with van der Waals surface area (Å²) in [6, 6.07) is 14.7. The van der Waals surface area contributed by atoms with Crippen LogP contribution in [0.25, 0.3) is 0 Å². The monoisotopic (exact) mass is 279 g/mol. The molecule has 2 aromatic rings. The second-order valence-corrected chi connectivity index (χ2v) is 5.94. The van der Waals surface area contributed by atoms with E-state index in [0.29, 0.717) is 5.92 Å². The summed E-state index contributed by atoms with van der Waals surface area (Å²) in [6.45, 7) is 8.51. The highest BCUT2D eigenvalue weighted by Crippen LogP contribution is 2.39. The fraction of sp³-hybridized carbons (Fsp3) is 0.316. The van der Waals surface area contributed by atoms with Gasteiger partial charge >= 0.3 is 0 Å². The minimum Gasteiger partial charge on any atom is -0.471 e. The first-order valence-electron chi connectivity index (χ1n) is 7.44. The molecule has 2 atom stereocenters. The van der Waals surface area contributed by atoms with Crippen LogP contribution in [0.3, 0.4) is 0 Å². The van der Waals surface area contributed by atoms with Crippen molar-refractivity contribution in [2.75, 3.05) is 0 Å². The van der Waals surface area contributed by atoms with Crippen molar-refractivity contribution in [3.05, 3.63) is 64.7 Å². The molecular weight excluding hydrogens is 258 g/mol. The standard InChI is InChI=1S/C19H21NO/c1-12-10-13(2)17(14(3)11-12)20-19-15(4)18(21-19)16-8-6-5-7-9-16/h5-11,15,18H,1-4H3/t15-,18-/m1/s1. The Balaban J connectivity index is 1.85. The molecule has 2 heteroatoms. The number of hydrogen-bond donors (Lipinski definition) is 0. The number of ether oxygens (including phenoxy) is 1. The summed E-state index contributed by atoms with van der Waals surface area (Å²) in [7, 11) is 0. The molecule has 21 heavy (non-hydrogen) atoms. The van der Waals surface area contributed by atoms with Crippen molar-refractivity contribution in [1.82, 2.24) is 0 Å². The van der Waals surface area contributed by atoms with E-state index in [1.165, 1.54) is 22.3 Å². The van der Waals surface area contributed by atoms with Crippen LogP contribution in [0.2, 0.25) is 0 Å². The van der Waals surface area contributed by atoms with Crippen LogP contribution in [0.15, 0.2) is 47.5 Å². The maximum Gasteiger partial charge on any atom is 0.196 e. The fourth-order valence-corrected chi connectivity index (χ4v) is 2.98. The molecule has 3 rings (SSSR count). The second-order valence-electron chi connectivity index (χ2n) is 5.94. The normalized spacial score (nSPS) is 22.8. The largest absolute Gasteiger partial charge is 0.471 e. The average molecular weight is 279 g/mol. The summed E-state index contributed by atoms with van der Waals surface area (Å²) in [5.41, 5.74) is 5.96. The molecule has 0 saturated carbocycles. The van der Waals surface area contributed by atoms with Crippen LogP contribution in [-0.2, 0) is 4.74 Å². The number of aliphatic imine (C=N–C) groups is 1. The lowest BCUT2D eigenvalue weighted by molar-refractivity contribution is 0.0662. The van der Waals surface area contributed by atoms with Crippen molar-refractivity contribution in [2.45, 2.75) is 33.8 Å². The molecule has 108 valence electrons. The zero-order valence-corrected chi connectivity index (χ0v) is 13.1. The molecule has 0 bridgehead atoms. The van der Waals surface area contributed by atoms with Gasteiger partial charge in [0.2, 0.25) is 0 Å². The van der Waals surface area contributed by atoms with E-state index in [1.54, 1.807) is 0 Å². The van der Waals surface area contributed by atoms with Gasteiger partial charge in [-0.1, -0.05) is 48.0 Å². The van der Waals surface area contributed by atoms with Gasteiger partial charge in [0.1, 0.15) is 6.10 Å². The minimum atomic E-state index is 0.135. The van der Waals surface area contributed by atoms with Gasteiger partial charge in [0.25, 0.3) is 0 Å². The molecule has 1 fully saturated rings. The Morgan fingerprint density at radius 3 is 2.14 bits per heavy atom. The molecule has 0 N–H and O–H groups in total. The molecule has 0 spiro atoms. The fourth-order valence-electron chi connectivity index (χ4n) is 2.98. The first-order chi connectivity index (χ1) is 10.1. The van der Waals surface area contributed by atoms with Crippen molar-refractivity contribution in [3.63, 3.8) is 0 Å². The number of hydrogen-bond acceptors (Lipinski definition) is 2. The predicted octanol–water partition coefficient (Wildman–Crippen LogP) is 5.05. The van der Waals surface area contributed by atoms with E-state index in [9.17, 15) is 0 Å². The molecule has 1 aliphatic rings. The number of benzene rings is 2. The molecule has 1 aliphatic heterocycles. The molecule has 0 aliphatic carbocycles. The van der Waals surface area contributed by atoms with Gasteiger partial charge in [-0.25, -0.2) is 4.99 Å². The Kier molecular flexibility index (Phi) is 3.54.